The van der Waals surface area contributed by atoms with Crippen LogP contribution >= 0.6 is 0 Å². The molecule has 0 bridgehead atoms. The lowest BCUT2D eigenvalue weighted by Gasteiger charge is -2.39. The van der Waals surface area contributed by atoms with Crippen molar-refractivity contribution >= 4 is 0 Å². The minimum atomic E-state index is -4.00. The molecular weight excluding hydrogens is 237 g/mol. The lowest BCUT2D eigenvalue weighted by atomic mass is 9.69. The minimum Gasteiger partial charge on any atom is -0.170 e. The summed E-state index contributed by atoms with van der Waals surface area (Å²) in [5.74, 6) is -0.142. The van der Waals surface area contributed by atoms with Gasteiger partial charge in [-0.3, -0.25) is 0 Å². The van der Waals surface area contributed by atoms with Gasteiger partial charge in [-0.1, -0.05) is 52.4 Å². The highest BCUT2D eigenvalue weighted by atomic mass is 19.4. The van der Waals surface area contributed by atoms with E-state index in [1.165, 1.54) is 0 Å². The normalized spacial score (nSPS) is 21.2. The zero-order valence-corrected chi connectivity index (χ0v) is 11.8. The molecule has 1 rings (SSSR count). The Morgan fingerprint density at radius 2 is 1.56 bits per heavy atom. The summed E-state index contributed by atoms with van der Waals surface area (Å²) in [6.45, 7) is 4.11. The Morgan fingerprint density at radius 3 is 2.00 bits per heavy atom. The van der Waals surface area contributed by atoms with Gasteiger partial charge < -0.3 is 0 Å². The van der Waals surface area contributed by atoms with Crippen LogP contribution in [0.4, 0.5) is 13.2 Å². The largest absolute Gasteiger partial charge is 0.394 e. The molecule has 0 aromatic heterocycles. The highest BCUT2D eigenvalue weighted by Gasteiger charge is 2.58. The molecule has 1 aliphatic rings. The van der Waals surface area contributed by atoms with E-state index in [4.69, 9.17) is 0 Å². The topological polar surface area (TPSA) is 0 Å². The Hall–Kier alpha value is -0.210. The summed E-state index contributed by atoms with van der Waals surface area (Å²) >= 11 is 0. The first-order chi connectivity index (χ1) is 8.48. The molecule has 0 aromatic carbocycles. The van der Waals surface area contributed by atoms with Gasteiger partial charge in [-0.25, -0.2) is 0 Å². The predicted molar refractivity (Wildman–Crippen MR) is 69.5 cm³/mol. The van der Waals surface area contributed by atoms with Gasteiger partial charge in [-0.05, 0) is 31.6 Å². The van der Waals surface area contributed by atoms with E-state index in [0.717, 1.165) is 51.4 Å². The Kier molecular flexibility index (Phi) is 6.00. The zero-order valence-electron chi connectivity index (χ0n) is 11.8. The smallest absolute Gasteiger partial charge is 0.170 e. The van der Waals surface area contributed by atoms with Crippen molar-refractivity contribution in [3.8, 4) is 0 Å². The number of rotatable bonds is 7. The van der Waals surface area contributed by atoms with Crippen molar-refractivity contribution in [1.29, 1.82) is 0 Å². The third-order valence-electron chi connectivity index (χ3n) is 4.64. The Bertz CT molecular complexity index is 226. The molecule has 0 aromatic rings. The predicted octanol–water partition coefficient (Wildman–Crippen LogP) is 6.11. The molecule has 0 N–H and O–H groups in total. The van der Waals surface area contributed by atoms with Gasteiger partial charge >= 0.3 is 6.18 Å². The number of hydrogen-bond acceptors (Lipinski definition) is 0. The van der Waals surface area contributed by atoms with Crippen molar-refractivity contribution in [2.24, 2.45) is 11.3 Å². The first-order valence-corrected chi connectivity index (χ1v) is 7.54. The van der Waals surface area contributed by atoms with Crippen molar-refractivity contribution in [3.63, 3.8) is 0 Å². The molecule has 0 radical (unpaired) electrons. The molecule has 0 amide bonds. The summed E-state index contributed by atoms with van der Waals surface area (Å²) in [7, 11) is 0. The van der Waals surface area contributed by atoms with E-state index >= 15 is 0 Å². The molecule has 0 nitrogen and oxygen atoms in total. The maximum absolute atomic E-state index is 13.5. The first-order valence-electron chi connectivity index (χ1n) is 7.54. The van der Waals surface area contributed by atoms with Crippen LogP contribution in [0.3, 0.4) is 0 Å². The standard InChI is InChI=1S/C15H27F3/c1-3-5-6-10-13(9-4-2)14(15(16,17)18)11-7-8-12-14/h13H,3-12H2,1-2H3. The van der Waals surface area contributed by atoms with Gasteiger partial charge in [0.25, 0.3) is 0 Å². The van der Waals surface area contributed by atoms with Crippen LogP contribution < -0.4 is 0 Å². The second kappa shape index (κ2) is 6.81. The summed E-state index contributed by atoms with van der Waals surface area (Å²) in [5, 5.41) is 0. The fraction of sp³-hybridized carbons (Fsp3) is 1.00. The average molecular weight is 264 g/mol. The molecule has 0 heterocycles. The Labute approximate surface area is 109 Å². The monoisotopic (exact) mass is 264 g/mol. The molecule has 3 heteroatoms. The van der Waals surface area contributed by atoms with Gasteiger partial charge in [0.05, 0.1) is 5.41 Å². The Balaban J connectivity index is 2.78. The van der Waals surface area contributed by atoms with Gasteiger partial charge in [0, 0.05) is 0 Å². The van der Waals surface area contributed by atoms with Crippen molar-refractivity contribution in [2.45, 2.75) is 84.2 Å². The SMILES string of the molecule is CCCCCC(CCC)C1(C(F)(F)F)CCCC1. The van der Waals surface area contributed by atoms with E-state index in [1.807, 2.05) is 6.92 Å². The highest BCUT2D eigenvalue weighted by Crippen LogP contribution is 2.57. The van der Waals surface area contributed by atoms with Crippen LogP contribution in [0.15, 0.2) is 0 Å². The van der Waals surface area contributed by atoms with E-state index in [9.17, 15) is 13.2 Å². The maximum atomic E-state index is 13.5. The molecule has 0 saturated heterocycles. The summed E-state index contributed by atoms with van der Waals surface area (Å²) in [4.78, 5) is 0. The lowest BCUT2D eigenvalue weighted by Crippen LogP contribution is -2.42. The van der Waals surface area contributed by atoms with Crippen LogP contribution in [0.2, 0.25) is 0 Å². The molecule has 1 fully saturated rings. The van der Waals surface area contributed by atoms with Gasteiger partial charge in [0.2, 0.25) is 0 Å². The van der Waals surface area contributed by atoms with Crippen LogP contribution in [0.1, 0.15) is 78.1 Å². The molecule has 1 aliphatic carbocycles. The molecule has 0 aliphatic heterocycles. The van der Waals surface area contributed by atoms with E-state index in [2.05, 4.69) is 6.92 Å². The van der Waals surface area contributed by atoms with Crippen molar-refractivity contribution in [1.82, 2.24) is 0 Å². The highest BCUT2D eigenvalue weighted by molar-refractivity contribution is 4.95. The third kappa shape index (κ3) is 3.42. The van der Waals surface area contributed by atoms with Crippen LogP contribution in [-0.2, 0) is 0 Å². The van der Waals surface area contributed by atoms with Gasteiger partial charge in [0.15, 0.2) is 0 Å². The van der Waals surface area contributed by atoms with Crippen molar-refractivity contribution < 1.29 is 13.2 Å². The van der Waals surface area contributed by atoms with Crippen molar-refractivity contribution in [3.05, 3.63) is 0 Å². The second-order valence-electron chi connectivity index (χ2n) is 5.84. The van der Waals surface area contributed by atoms with Gasteiger partial charge in [-0.15, -0.1) is 0 Å². The number of unbranched alkanes of at least 4 members (excludes halogenated alkanes) is 2. The van der Waals surface area contributed by atoms with E-state index in [1.54, 1.807) is 0 Å². The zero-order chi connectivity index (χ0) is 13.6. The number of halogens is 3. The summed E-state index contributed by atoms with van der Waals surface area (Å²) in [6, 6.07) is 0. The molecule has 0 spiro atoms. The summed E-state index contributed by atoms with van der Waals surface area (Å²) in [6.07, 6.45) is 3.72. The second-order valence-corrected chi connectivity index (χ2v) is 5.84. The molecule has 1 unspecified atom stereocenters. The van der Waals surface area contributed by atoms with E-state index in [-0.39, 0.29) is 5.92 Å². The molecular formula is C15H27F3. The molecule has 108 valence electrons. The van der Waals surface area contributed by atoms with Crippen LogP contribution in [0.25, 0.3) is 0 Å². The lowest BCUT2D eigenvalue weighted by molar-refractivity contribution is -0.243. The minimum absolute atomic E-state index is 0.142. The van der Waals surface area contributed by atoms with E-state index < -0.39 is 11.6 Å². The average Bonchev–Trinajstić information content (AvgIpc) is 2.77. The Morgan fingerprint density at radius 1 is 0.944 bits per heavy atom. The molecule has 1 atom stereocenters. The fourth-order valence-corrected chi connectivity index (χ4v) is 3.62. The maximum Gasteiger partial charge on any atom is 0.394 e. The van der Waals surface area contributed by atoms with Crippen LogP contribution in [0, 0.1) is 11.3 Å². The van der Waals surface area contributed by atoms with Crippen LogP contribution in [0.5, 0.6) is 0 Å². The molecule has 18 heavy (non-hydrogen) atoms. The van der Waals surface area contributed by atoms with Gasteiger partial charge in [-0.2, -0.15) is 13.2 Å². The first kappa shape index (κ1) is 15.8. The number of hydrogen-bond donors (Lipinski definition) is 0. The third-order valence-corrected chi connectivity index (χ3v) is 4.64. The fourth-order valence-electron chi connectivity index (χ4n) is 3.62. The summed E-state index contributed by atoms with van der Waals surface area (Å²) < 4.78 is 40.5. The number of alkyl halides is 3. The summed E-state index contributed by atoms with van der Waals surface area (Å²) in [5.41, 5.74) is -1.35. The van der Waals surface area contributed by atoms with E-state index in [0.29, 0.717) is 12.8 Å². The van der Waals surface area contributed by atoms with Gasteiger partial charge in [0.1, 0.15) is 0 Å². The molecule has 1 saturated carbocycles. The van der Waals surface area contributed by atoms with Crippen molar-refractivity contribution in [2.75, 3.05) is 0 Å². The van der Waals surface area contributed by atoms with Crippen LogP contribution in [-0.4, -0.2) is 6.18 Å². The quantitative estimate of drug-likeness (QED) is 0.487.